The van der Waals surface area contributed by atoms with Gasteiger partial charge >= 0.3 is 5.97 Å². The third-order valence-corrected chi connectivity index (χ3v) is 10.0. The summed E-state index contributed by atoms with van der Waals surface area (Å²) in [6.45, 7) is 4.01. The molecule has 3 fully saturated rings. The first-order chi connectivity index (χ1) is 17.1. The number of esters is 1. The van der Waals surface area contributed by atoms with Crippen molar-refractivity contribution in [3.63, 3.8) is 0 Å². The molecule has 0 radical (unpaired) electrons. The Morgan fingerprint density at radius 2 is 1.61 bits per heavy atom. The number of hydrogen-bond acceptors (Lipinski definition) is 5. The lowest BCUT2D eigenvalue weighted by atomic mass is 9.81. The van der Waals surface area contributed by atoms with E-state index in [1.807, 2.05) is 31.2 Å². The van der Waals surface area contributed by atoms with E-state index in [9.17, 15) is 19.2 Å². The Kier molecular flexibility index (Phi) is 6.80. The molecule has 0 unspecified atom stereocenters. The Morgan fingerprint density at radius 1 is 0.944 bits per heavy atom. The van der Waals surface area contributed by atoms with E-state index < -0.39 is 11.9 Å². The molecular weight excluding hydrogens is 592 g/mol. The summed E-state index contributed by atoms with van der Waals surface area (Å²) in [6.07, 6.45) is 1.30. The highest BCUT2D eigenvalue weighted by Crippen LogP contribution is 2.45. The summed E-state index contributed by atoms with van der Waals surface area (Å²) in [5.74, 6) is -1.86. The van der Waals surface area contributed by atoms with Crippen molar-refractivity contribution in [2.45, 2.75) is 42.8 Å². The Bertz CT molecular complexity index is 1240. The van der Waals surface area contributed by atoms with Gasteiger partial charge in [0.15, 0.2) is 0 Å². The molecule has 1 saturated carbocycles. The van der Waals surface area contributed by atoms with Crippen LogP contribution in [-0.2, 0) is 19.2 Å². The standard InChI is InChI=1S/C27H26Br2N2O5/c1-14-4-3-5-17(8-14)30-13-16(10-24(30)32)27(35)36-18-6-7-23(15(2)9-18)31-25(33)19-11-21(28)22(29)12-20(19)26(31)34/h3-9,16,19-22H,10-13H2,1-2H3/t16-,19-,20+,21+,22-/m1/s1. The van der Waals surface area contributed by atoms with Crippen LogP contribution in [0.2, 0.25) is 0 Å². The van der Waals surface area contributed by atoms with Gasteiger partial charge in [-0.1, -0.05) is 44.0 Å². The van der Waals surface area contributed by atoms with Crippen LogP contribution in [0, 0.1) is 31.6 Å². The highest BCUT2D eigenvalue weighted by Gasteiger charge is 2.52. The van der Waals surface area contributed by atoms with Crippen LogP contribution in [0.3, 0.4) is 0 Å². The fraction of sp³-hybridized carbons (Fsp3) is 0.407. The Hall–Kier alpha value is -2.52. The first-order valence-corrected chi connectivity index (χ1v) is 13.8. The van der Waals surface area contributed by atoms with Crippen molar-refractivity contribution in [1.29, 1.82) is 0 Å². The highest BCUT2D eigenvalue weighted by atomic mass is 79.9. The first-order valence-electron chi connectivity index (χ1n) is 12.0. The van der Waals surface area contributed by atoms with E-state index in [1.165, 1.54) is 4.90 Å². The number of amides is 3. The van der Waals surface area contributed by atoms with Crippen molar-refractivity contribution in [2.75, 3.05) is 16.3 Å². The van der Waals surface area contributed by atoms with E-state index in [4.69, 9.17) is 4.74 Å². The molecule has 3 amide bonds. The van der Waals surface area contributed by atoms with Gasteiger partial charge in [0.1, 0.15) is 5.75 Å². The van der Waals surface area contributed by atoms with Crippen molar-refractivity contribution in [3.8, 4) is 5.75 Å². The second kappa shape index (κ2) is 9.74. The van der Waals surface area contributed by atoms with Crippen molar-refractivity contribution < 1.29 is 23.9 Å². The van der Waals surface area contributed by atoms with E-state index >= 15 is 0 Å². The molecule has 7 nitrogen and oxygen atoms in total. The largest absolute Gasteiger partial charge is 0.426 e. The molecule has 0 aromatic heterocycles. The van der Waals surface area contributed by atoms with E-state index in [2.05, 4.69) is 31.9 Å². The van der Waals surface area contributed by atoms with E-state index in [-0.39, 0.29) is 52.2 Å². The second-order valence-corrected chi connectivity index (χ2v) is 12.2. The van der Waals surface area contributed by atoms with Gasteiger partial charge in [-0.3, -0.25) is 19.2 Å². The number of ether oxygens (including phenoxy) is 1. The summed E-state index contributed by atoms with van der Waals surface area (Å²) in [7, 11) is 0. The van der Waals surface area contributed by atoms with E-state index in [1.54, 1.807) is 30.0 Å². The number of alkyl halides is 2. The fourth-order valence-corrected chi connectivity index (χ4v) is 6.62. The maximum Gasteiger partial charge on any atom is 0.316 e. The molecule has 0 bridgehead atoms. The molecule has 2 aliphatic heterocycles. The van der Waals surface area contributed by atoms with Crippen LogP contribution in [0.4, 0.5) is 11.4 Å². The van der Waals surface area contributed by atoms with Gasteiger partial charge in [0.2, 0.25) is 17.7 Å². The Labute approximate surface area is 226 Å². The van der Waals surface area contributed by atoms with Crippen LogP contribution in [-0.4, -0.2) is 39.9 Å². The van der Waals surface area contributed by atoms with Gasteiger partial charge in [-0.2, -0.15) is 0 Å². The van der Waals surface area contributed by atoms with Crippen LogP contribution in [0.5, 0.6) is 5.75 Å². The van der Waals surface area contributed by atoms with Crippen LogP contribution in [0.1, 0.15) is 30.4 Å². The maximum atomic E-state index is 13.1. The van der Waals surface area contributed by atoms with Crippen molar-refractivity contribution in [1.82, 2.24) is 0 Å². The summed E-state index contributed by atoms with van der Waals surface area (Å²) in [4.78, 5) is 54.9. The average molecular weight is 618 g/mol. The molecule has 2 heterocycles. The second-order valence-electron chi connectivity index (χ2n) is 9.84. The van der Waals surface area contributed by atoms with Crippen LogP contribution >= 0.6 is 31.9 Å². The number of aryl methyl sites for hydroxylation is 2. The molecule has 36 heavy (non-hydrogen) atoms. The summed E-state index contributed by atoms with van der Waals surface area (Å²) >= 11 is 7.22. The molecule has 2 saturated heterocycles. The molecule has 5 rings (SSSR count). The third kappa shape index (κ3) is 4.52. The lowest BCUT2D eigenvalue weighted by Gasteiger charge is -2.29. The van der Waals surface area contributed by atoms with Gasteiger partial charge in [-0.15, -0.1) is 0 Å². The van der Waals surface area contributed by atoms with Gasteiger partial charge in [0.05, 0.1) is 23.4 Å². The summed E-state index contributed by atoms with van der Waals surface area (Å²) in [6, 6.07) is 12.5. The van der Waals surface area contributed by atoms with Gasteiger partial charge < -0.3 is 9.64 Å². The summed E-state index contributed by atoms with van der Waals surface area (Å²) < 4.78 is 5.61. The zero-order valence-electron chi connectivity index (χ0n) is 19.9. The number of fused-ring (bicyclic) bond motifs is 1. The number of carbonyl (C=O) groups excluding carboxylic acids is 4. The zero-order chi connectivity index (χ0) is 25.7. The molecule has 188 valence electrons. The van der Waals surface area contributed by atoms with Gasteiger partial charge in [-0.25, -0.2) is 4.90 Å². The predicted octanol–water partition coefficient (Wildman–Crippen LogP) is 4.69. The van der Waals surface area contributed by atoms with Crippen molar-refractivity contribution in [3.05, 3.63) is 53.6 Å². The van der Waals surface area contributed by atoms with Crippen molar-refractivity contribution >= 4 is 66.9 Å². The number of halogens is 2. The summed E-state index contributed by atoms with van der Waals surface area (Å²) in [5, 5.41) is 0. The monoisotopic (exact) mass is 616 g/mol. The van der Waals surface area contributed by atoms with Crippen LogP contribution < -0.4 is 14.5 Å². The maximum absolute atomic E-state index is 13.1. The molecule has 9 heteroatoms. The van der Waals surface area contributed by atoms with Crippen molar-refractivity contribution in [2.24, 2.45) is 17.8 Å². The lowest BCUT2D eigenvalue weighted by molar-refractivity contribution is -0.139. The molecule has 3 aliphatic rings. The minimum atomic E-state index is -0.572. The number of hydrogen-bond donors (Lipinski definition) is 0. The normalized spacial score (nSPS) is 28.0. The van der Waals surface area contributed by atoms with Crippen LogP contribution in [0.25, 0.3) is 0 Å². The first kappa shape index (κ1) is 25.1. The minimum absolute atomic E-state index is 0.0898. The number of anilines is 2. The van der Waals surface area contributed by atoms with Gasteiger partial charge in [-0.05, 0) is 68.1 Å². The van der Waals surface area contributed by atoms with Gasteiger partial charge in [0.25, 0.3) is 0 Å². The topological polar surface area (TPSA) is 84.0 Å². The molecule has 0 N–H and O–H groups in total. The number of benzene rings is 2. The smallest absolute Gasteiger partial charge is 0.316 e. The lowest BCUT2D eigenvalue weighted by Crippen LogP contribution is -2.34. The number of imide groups is 1. The van der Waals surface area contributed by atoms with Crippen LogP contribution in [0.15, 0.2) is 42.5 Å². The SMILES string of the molecule is Cc1cccc(N2C[C@H](C(=O)Oc3ccc(N4C(=O)[C@H]5C[C@@H](Br)[C@@H](Br)C[C@H]5C4=O)c(C)c3)CC2=O)c1. The van der Waals surface area contributed by atoms with E-state index in [0.29, 0.717) is 29.8 Å². The molecule has 0 spiro atoms. The molecule has 2 aromatic rings. The van der Waals surface area contributed by atoms with Gasteiger partial charge in [0, 0.05) is 28.3 Å². The third-order valence-electron chi connectivity index (χ3n) is 7.31. The van der Waals surface area contributed by atoms with E-state index in [0.717, 1.165) is 11.3 Å². The number of carbonyl (C=O) groups is 4. The fourth-order valence-electron chi connectivity index (χ4n) is 5.39. The Balaban J connectivity index is 1.28. The number of rotatable bonds is 4. The zero-order valence-corrected chi connectivity index (χ0v) is 23.1. The average Bonchev–Trinajstić information content (AvgIpc) is 3.33. The quantitative estimate of drug-likeness (QED) is 0.215. The molecule has 1 aliphatic carbocycles. The highest BCUT2D eigenvalue weighted by molar-refractivity contribution is 9.12. The summed E-state index contributed by atoms with van der Waals surface area (Å²) in [5.41, 5.74) is 2.98. The molecule has 2 aromatic carbocycles. The molecule has 5 atom stereocenters. The predicted molar refractivity (Wildman–Crippen MR) is 143 cm³/mol. The minimum Gasteiger partial charge on any atom is -0.426 e. The Morgan fingerprint density at radius 3 is 2.22 bits per heavy atom. The molecular formula is C27H26Br2N2O5. The number of nitrogens with zero attached hydrogens (tertiary/aromatic N) is 2.